The number of nitrogens with one attached hydrogen (secondary N) is 1. The monoisotopic (exact) mass is 289 g/mol. The largest absolute Gasteiger partial charge is 0.467 e. The van der Waals surface area contributed by atoms with E-state index in [4.69, 9.17) is 0 Å². The van der Waals surface area contributed by atoms with Gasteiger partial charge in [-0.15, -0.1) is 0 Å². The van der Waals surface area contributed by atoms with E-state index in [2.05, 4.69) is 30.7 Å². The highest BCUT2D eigenvalue weighted by molar-refractivity contribution is 9.09. The van der Waals surface area contributed by atoms with Crippen molar-refractivity contribution in [3.63, 3.8) is 0 Å². The number of carbonyl (C=O) groups excluding carboxylic acids is 2. The van der Waals surface area contributed by atoms with Crippen LogP contribution in [-0.2, 0) is 19.1 Å². The van der Waals surface area contributed by atoms with Gasteiger partial charge < -0.3 is 14.8 Å². The van der Waals surface area contributed by atoms with Crippen LogP contribution in [0.25, 0.3) is 0 Å². The van der Waals surface area contributed by atoms with Crippen LogP contribution in [0.5, 0.6) is 0 Å². The molecule has 0 aromatic carbocycles. The number of alkyl halides is 1. The van der Waals surface area contributed by atoms with Crippen molar-refractivity contribution < 1.29 is 19.1 Å². The summed E-state index contributed by atoms with van der Waals surface area (Å²) in [6, 6.07) is -0.805. The van der Waals surface area contributed by atoms with E-state index in [1.165, 1.54) is 14.2 Å². The van der Waals surface area contributed by atoms with Crippen molar-refractivity contribution in [2.24, 2.45) is 0 Å². The molecule has 1 unspecified atom stereocenters. The highest BCUT2D eigenvalue weighted by Crippen LogP contribution is 2.16. The zero-order chi connectivity index (χ0) is 12.1. The minimum Gasteiger partial charge on any atom is -0.467 e. The lowest BCUT2D eigenvalue weighted by atomic mass is 10.0. The third kappa shape index (κ3) is 2.63. The summed E-state index contributed by atoms with van der Waals surface area (Å²) in [7, 11) is 2.53. The van der Waals surface area contributed by atoms with Gasteiger partial charge in [-0.3, -0.25) is 0 Å². The molecule has 1 heterocycles. The molecular formula is C10H12BrNO4. The number of dihydropyridines is 1. The summed E-state index contributed by atoms with van der Waals surface area (Å²) in [6.45, 7) is 0. The van der Waals surface area contributed by atoms with Gasteiger partial charge in [-0.25, -0.2) is 9.59 Å². The quantitative estimate of drug-likeness (QED) is 0.606. The van der Waals surface area contributed by atoms with Crippen molar-refractivity contribution >= 4 is 27.9 Å². The number of halogens is 1. The Bertz CT molecular complexity index is 362. The summed E-state index contributed by atoms with van der Waals surface area (Å²) in [5.74, 6) is -1.07. The van der Waals surface area contributed by atoms with E-state index in [1.54, 1.807) is 12.3 Å². The third-order valence-corrected chi connectivity index (χ3v) is 2.75. The maximum atomic E-state index is 11.5. The Kier molecular flexibility index (Phi) is 4.54. The van der Waals surface area contributed by atoms with Crippen molar-refractivity contribution in [2.45, 2.75) is 6.04 Å². The topological polar surface area (TPSA) is 64.6 Å². The maximum absolute atomic E-state index is 11.5. The zero-order valence-corrected chi connectivity index (χ0v) is 10.5. The van der Waals surface area contributed by atoms with Crippen LogP contribution in [0.1, 0.15) is 0 Å². The molecule has 1 aliphatic rings. The van der Waals surface area contributed by atoms with Gasteiger partial charge in [0.1, 0.15) is 0 Å². The first-order valence-electron chi connectivity index (χ1n) is 4.52. The van der Waals surface area contributed by atoms with Crippen LogP contribution < -0.4 is 5.32 Å². The van der Waals surface area contributed by atoms with E-state index in [0.29, 0.717) is 5.33 Å². The molecule has 0 aromatic rings. The lowest BCUT2D eigenvalue weighted by Crippen LogP contribution is -2.41. The molecule has 16 heavy (non-hydrogen) atoms. The van der Waals surface area contributed by atoms with Crippen LogP contribution in [-0.4, -0.2) is 37.5 Å². The number of hydrogen-bond acceptors (Lipinski definition) is 5. The summed E-state index contributed by atoms with van der Waals surface area (Å²) in [5.41, 5.74) is 1.09. The Morgan fingerprint density at radius 3 is 2.62 bits per heavy atom. The van der Waals surface area contributed by atoms with E-state index in [-0.39, 0.29) is 5.57 Å². The van der Waals surface area contributed by atoms with Crippen LogP contribution in [0.4, 0.5) is 0 Å². The molecule has 0 radical (unpaired) electrons. The van der Waals surface area contributed by atoms with E-state index >= 15 is 0 Å². The van der Waals surface area contributed by atoms with Crippen LogP contribution in [0.15, 0.2) is 23.4 Å². The molecule has 0 spiro atoms. The molecule has 1 atom stereocenters. The smallest absolute Gasteiger partial charge is 0.336 e. The van der Waals surface area contributed by atoms with Gasteiger partial charge in [0.05, 0.1) is 19.8 Å². The van der Waals surface area contributed by atoms with Gasteiger partial charge in [0.15, 0.2) is 6.04 Å². The average Bonchev–Trinajstić information content (AvgIpc) is 2.36. The average molecular weight is 290 g/mol. The fourth-order valence-electron chi connectivity index (χ4n) is 1.29. The fourth-order valence-corrected chi connectivity index (χ4v) is 1.61. The van der Waals surface area contributed by atoms with Gasteiger partial charge in [-0.2, -0.15) is 0 Å². The normalized spacial score (nSPS) is 19.1. The van der Waals surface area contributed by atoms with Gasteiger partial charge in [-0.1, -0.05) is 15.9 Å². The molecule has 0 aromatic heterocycles. The molecule has 0 fully saturated rings. The van der Waals surface area contributed by atoms with Gasteiger partial charge in [0.25, 0.3) is 0 Å². The molecule has 6 heteroatoms. The predicted octanol–water partition coefficient (Wildman–Crippen LogP) is 0.509. The minimum atomic E-state index is -0.805. The lowest BCUT2D eigenvalue weighted by molar-refractivity contribution is -0.145. The second kappa shape index (κ2) is 5.69. The van der Waals surface area contributed by atoms with Crippen molar-refractivity contribution in [1.82, 2.24) is 5.32 Å². The van der Waals surface area contributed by atoms with E-state index < -0.39 is 18.0 Å². The third-order valence-electron chi connectivity index (χ3n) is 2.10. The van der Waals surface area contributed by atoms with Gasteiger partial charge in [0, 0.05) is 11.5 Å². The zero-order valence-electron chi connectivity index (χ0n) is 8.95. The molecule has 0 aliphatic carbocycles. The molecular weight excluding hydrogens is 278 g/mol. The number of ether oxygens (including phenoxy) is 2. The molecule has 88 valence electrons. The maximum Gasteiger partial charge on any atom is 0.336 e. The predicted molar refractivity (Wildman–Crippen MR) is 60.9 cm³/mol. The summed E-state index contributed by atoms with van der Waals surface area (Å²) < 4.78 is 9.20. The first kappa shape index (κ1) is 12.8. The van der Waals surface area contributed by atoms with E-state index in [0.717, 1.165) is 5.57 Å². The second-order valence-corrected chi connectivity index (χ2v) is 3.63. The van der Waals surface area contributed by atoms with Crippen LogP contribution in [0.2, 0.25) is 0 Å². The summed E-state index contributed by atoms with van der Waals surface area (Å²) in [6.07, 6.45) is 3.27. The first-order valence-corrected chi connectivity index (χ1v) is 5.65. The first-order chi connectivity index (χ1) is 7.63. The van der Waals surface area contributed by atoms with Gasteiger partial charge in [-0.05, 0) is 11.6 Å². The molecule has 0 bridgehead atoms. The molecule has 0 amide bonds. The van der Waals surface area contributed by atoms with Gasteiger partial charge in [0.2, 0.25) is 0 Å². The number of hydrogen-bond donors (Lipinski definition) is 1. The number of carbonyl (C=O) groups is 2. The summed E-state index contributed by atoms with van der Waals surface area (Å²) >= 11 is 3.26. The second-order valence-electron chi connectivity index (χ2n) is 3.07. The number of methoxy groups -OCH3 is 2. The Morgan fingerprint density at radius 1 is 1.44 bits per heavy atom. The molecule has 1 aliphatic heterocycles. The molecule has 0 saturated carbocycles. The van der Waals surface area contributed by atoms with Crippen molar-refractivity contribution in [2.75, 3.05) is 19.5 Å². The van der Waals surface area contributed by atoms with E-state index in [9.17, 15) is 9.59 Å². The Morgan fingerprint density at radius 2 is 2.12 bits per heavy atom. The number of allylic oxidation sites excluding steroid dienone is 2. The van der Waals surface area contributed by atoms with Crippen molar-refractivity contribution in [3.05, 3.63) is 23.4 Å². The lowest BCUT2D eigenvalue weighted by Gasteiger charge is -2.21. The highest BCUT2D eigenvalue weighted by atomic mass is 79.9. The Hall–Kier alpha value is -1.30. The van der Waals surface area contributed by atoms with Crippen LogP contribution in [0.3, 0.4) is 0 Å². The minimum absolute atomic E-state index is 0.242. The van der Waals surface area contributed by atoms with Crippen LogP contribution >= 0.6 is 15.9 Å². The number of rotatable bonds is 3. The molecule has 5 nitrogen and oxygen atoms in total. The van der Waals surface area contributed by atoms with Gasteiger partial charge >= 0.3 is 11.9 Å². The summed E-state index contributed by atoms with van der Waals surface area (Å²) in [5, 5.41) is 3.38. The fraction of sp³-hybridized carbons (Fsp3) is 0.400. The SMILES string of the molecule is COC(=O)C1=CC(CBr)=CNC1C(=O)OC. The van der Waals surface area contributed by atoms with Crippen LogP contribution in [0, 0.1) is 0 Å². The van der Waals surface area contributed by atoms with E-state index in [1.807, 2.05) is 0 Å². The molecule has 1 rings (SSSR count). The molecule has 1 N–H and O–H groups in total. The van der Waals surface area contributed by atoms with Crippen molar-refractivity contribution in [3.8, 4) is 0 Å². The molecule has 0 saturated heterocycles. The standard InChI is InChI=1S/C10H12BrNO4/c1-15-9(13)7-3-6(4-11)5-12-8(7)10(14)16-2/h3,5,8,12H,4H2,1-2H3. The Labute approximate surface area is 102 Å². The Balaban J connectivity index is 2.99. The van der Waals surface area contributed by atoms with Crippen molar-refractivity contribution in [1.29, 1.82) is 0 Å². The highest BCUT2D eigenvalue weighted by Gasteiger charge is 2.30. The summed E-state index contributed by atoms with van der Waals surface area (Å²) in [4.78, 5) is 22.9. The number of esters is 2.